The fourth-order valence-corrected chi connectivity index (χ4v) is 1.97. The van der Waals surface area contributed by atoms with Crippen LogP contribution in [-0.4, -0.2) is 15.1 Å². The Hall–Kier alpha value is -0.880. The van der Waals surface area contributed by atoms with Crippen LogP contribution in [0.2, 0.25) is 5.02 Å². The van der Waals surface area contributed by atoms with Gasteiger partial charge in [0, 0.05) is 20.2 Å². The molecule has 3 nitrogen and oxygen atoms in total. The zero-order chi connectivity index (χ0) is 10.8. The molecule has 1 aromatic heterocycles. The quantitative estimate of drug-likeness (QED) is 0.816. The third-order valence-corrected chi connectivity index (χ3v) is 3.03. The highest BCUT2D eigenvalue weighted by molar-refractivity contribution is 14.1. The zero-order valence-electron chi connectivity index (χ0n) is 7.48. The van der Waals surface area contributed by atoms with Gasteiger partial charge in [0.15, 0.2) is 0 Å². The normalized spacial score (nSPS) is 10.3. The average molecular weight is 333 g/mol. The molecule has 0 amide bonds. The number of nitrogens with zero attached hydrogens (tertiary/aromatic N) is 2. The van der Waals surface area contributed by atoms with E-state index in [1.54, 1.807) is 0 Å². The molecular formula is C10H6ClIN2O. The van der Waals surface area contributed by atoms with E-state index >= 15 is 0 Å². The lowest BCUT2D eigenvalue weighted by Gasteiger charge is -2.04. The number of aromatic hydroxyl groups is 1. The van der Waals surface area contributed by atoms with Crippen LogP contribution >= 0.6 is 34.2 Å². The Balaban J connectivity index is 2.58. The number of aromatic nitrogens is 2. The molecule has 1 aromatic carbocycles. The van der Waals surface area contributed by atoms with Crippen molar-refractivity contribution < 1.29 is 5.11 Å². The molecule has 0 radical (unpaired) electrons. The van der Waals surface area contributed by atoms with Crippen LogP contribution in [-0.2, 0) is 0 Å². The summed E-state index contributed by atoms with van der Waals surface area (Å²) in [6.07, 6.45) is 1.32. The van der Waals surface area contributed by atoms with Crippen molar-refractivity contribution in [3.63, 3.8) is 0 Å². The van der Waals surface area contributed by atoms with Gasteiger partial charge in [0.2, 0.25) is 5.88 Å². The highest BCUT2D eigenvalue weighted by Gasteiger charge is 2.06. The summed E-state index contributed by atoms with van der Waals surface area (Å²) in [6, 6.07) is 7.03. The second kappa shape index (κ2) is 4.32. The van der Waals surface area contributed by atoms with Gasteiger partial charge in [0.1, 0.15) is 6.33 Å². The van der Waals surface area contributed by atoms with Gasteiger partial charge in [0.05, 0.1) is 5.69 Å². The van der Waals surface area contributed by atoms with Crippen LogP contribution in [0, 0.1) is 3.57 Å². The molecule has 5 heteroatoms. The van der Waals surface area contributed by atoms with E-state index in [1.165, 1.54) is 12.4 Å². The van der Waals surface area contributed by atoms with E-state index < -0.39 is 0 Å². The van der Waals surface area contributed by atoms with Crippen molar-refractivity contribution in [2.75, 3.05) is 0 Å². The molecule has 15 heavy (non-hydrogen) atoms. The molecule has 0 aliphatic rings. The fraction of sp³-hybridized carbons (Fsp3) is 0. The van der Waals surface area contributed by atoms with Crippen LogP contribution in [0.4, 0.5) is 0 Å². The summed E-state index contributed by atoms with van der Waals surface area (Å²) < 4.78 is 1.02. The van der Waals surface area contributed by atoms with Gasteiger partial charge in [-0.25, -0.2) is 9.97 Å². The summed E-state index contributed by atoms with van der Waals surface area (Å²) in [5.41, 5.74) is 1.55. The standard InChI is InChI=1S/C10H6ClIN2O/c11-6-1-2-8(12)7(3-6)9-4-10(15)14-5-13-9/h1-5H,(H,13,14,15). The predicted molar refractivity (Wildman–Crippen MR) is 66.9 cm³/mol. The van der Waals surface area contributed by atoms with Crippen LogP contribution in [0.1, 0.15) is 0 Å². The van der Waals surface area contributed by atoms with Crippen LogP contribution < -0.4 is 0 Å². The van der Waals surface area contributed by atoms with E-state index in [0.29, 0.717) is 10.7 Å². The summed E-state index contributed by atoms with van der Waals surface area (Å²) in [7, 11) is 0. The number of halogens is 2. The highest BCUT2D eigenvalue weighted by atomic mass is 127. The van der Waals surface area contributed by atoms with Crippen molar-refractivity contribution in [3.8, 4) is 17.1 Å². The van der Waals surface area contributed by atoms with Gasteiger partial charge in [-0.15, -0.1) is 0 Å². The monoisotopic (exact) mass is 332 g/mol. The van der Waals surface area contributed by atoms with E-state index in [-0.39, 0.29) is 5.88 Å². The number of hydrogen-bond donors (Lipinski definition) is 1. The topological polar surface area (TPSA) is 46.0 Å². The molecule has 0 aliphatic heterocycles. The maximum absolute atomic E-state index is 9.25. The van der Waals surface area contributed by atoms with Gasteiger partial charge >= 0.3 is 0 Å². The number of benzene rings is 1. The Morgan fingerprint density at radius 1 is 1.20 bits per heavy atom. The van der Waals surface area contributed by atoms with E-state index in [9.17, 15) is 5.11 Å². The smallest absolute Gasteiger partial charge is 0.214 e. The summed E-state index contributed by atoms with van der Waals surface area (Å²) in [5.74, 6) is -0.0456. The molecule has 0 atom stereocenters. The first-order chi connectivity index (χ1) is 7.16. The van der Waals surface area contributed by atoms with Gasteiger partial charge < -0.3 is 5.11 Å². The SMILES string of the molecule is Oc1cc(-c2cc(Cl)ccc2I)ncn1. The van der Waals surface area contributed by atoms with E-state index in [4.69, 9.17) is 11.6 Å². The second-order valence-electron chi connectivity index (χ2n) is 2.89. The Morgan fingerprint density at radius 3 is 2.73 bits per heavy atom. The molecule has 0 fully saturated rings. The van der Waals surface area contributed by atoms with Crippen molar-refractivity contribution in [2.45, 2.75) is 0 Å². The third kappa shape index (κ3) is 2.38. The summed E-state index contributed by atoms with van der Waals surface area (Å²) >= 11 is 8.09. The minimum atomic E-state index is -0.0456. The van der Waals surface area contributed by atoms with E-state index in [2.05, 4.69) is 32.6 Å². The van der Waals surface area contributed by atoms with Crippen molar-refractivity contribution in [1.82, 2.24) is 9.97 Å². The molecular weight excluding hydrogens is 326 g/mol. The molecule has 0 spiro atoms. The van der Waals surface area contributed by atoms with E-state index in [1.807, 2.05) is 18.2 Å². The van der Waals surface area contributed by atoms with Gasteiger partial charge in [-0.2, -0.15) is 0 Å². The lowest BCUT2D eigenvalue weighted by Crippen LogP contribution is -1.88. The largest absolute Gasteiger partial charge is 0.493 e. The molecule has 2 rings (SSSR count). The molecule has 0 unspecified atom stereocenters. The first kappa shape index (κ1) is 10.6. The van der Waals surface area contributed by atoms with Crippen molar-refractivity contribution in [1.29, 1.82) is 0 Å². The van der Waals surface area contributed by atoms with Gasteiger partial charge in [-0.1, -0.05) is 11.6 Å². The lowest BCUT2D eigenvalue weighted by atomic mass is 10.1. The molecule has 0 saturated heterocycles. The minimum absolute atomic E-state index is 0.0456. The molecule has 2 aromatic rings. The zero-order valence-corrected chi connectivity index (χ0v) is 10.4. The Labute approximate surface area is 105 Å². The average Bonchev–Trinajstić information content (AvgIpc) is 2.22. The van der Waals surface area contributed by atoms with Crippen LogP contribution in [0.3, 0.4) is 0 Å². The number of hydrogen-bond acceptors (Lipinski definition) is 3. The fourth-order valence-electron chi connectivity index (χ4n) is 1.19. The van der Waals surface area contributed by atoms with Gasteiger partial charge in [0.25, 0.3) is 0 Å². The predicted octanol–water partition coefficient (Wildman–Crippen LogP) is 3.11. The molecule has 76 valence electrons. The minimum Gasteiger partial charge on any atom is -0.493 e. The number of rotatable bonds is 1. The van der Waals surface area contributed by atoms with Gasteiger partial charge in [-0.3, -0.25) is 0 Å². The highest BCUT2D eigenvalue weighted by Crippen LogP contribution is 2.27. The summed E-state index contributed by atoms with van der Waals surface area (Å²) in [5, 5.41) is 9.89. The first-order valence-corrected chi connectivity index (χ1v) is 5.59. The van der Waals surface area contributed by atoms with Crippen LogP contribution in [0.5, 0.6) is 5.88 Å². The van der Waals surface area contributed by atoms with E-state index in [0.717, 1.165) is 9.13 Å². The summed E-state index contributed by atoms with van der Waals surface area (Å²) in [4.78, 5) is 7.70. The summed E-state index contributed by atoms with van der Waals surface area (Å²) in [6.45, 7) is 0. The van der Waals surface area contributed by atoms with Gasteiger partial charge in [-0.05, 0) is 40.8 Å². The lowest BCUT2D eigenvalue weighted by molar-refractivity contribution is 0.452. The maximum atomic E-state index is 9.25. The van der Waals surface area contributed by atoms with Crippen LogP contribution in [0.15, 0.2) is 30.6 Å². The molecule has 1 heterocycles. The molecule has 0 saturated carbocycles. The first-order valence-electron chi connectivity index (χ1n) is 4.13. The Morgan fingerprint density at radius 2 is 2.00 bits per heavy atom. The van der Waals surface area contributed by atoms with Crippen molar-refractivity contribution in [3.05, 3.63) is 39.2 Å². The Bertz CT molecular complexity index is 505. The van der Waals surface area contributed by atoms with Crippen molar-refractivity contribution >= 4 is 34.2 Å². The molecule has 0 bridgehead atoms. The molecule has 0 aliphatic carbocycles. The third-order valence-electron chi connectivity index (χ3n) is 1.86. The second-order valence-corrected chi connectivity index (χ2v) is 4.48. The maximum Gasteiger partial charge on any atom is 0.214 e. The molecule has 1 N–H and O–H groups in total. The Kier molecular flexibility index (Phi) is 3.06. The van der Waals surface area contributed by atoms with Crippen molar-refractivity contribution in [2.24, 2.45) is 0 Å². The van der Waals surface area contributed by atoms with Crippen LogP contribution in [0.25, 0.3) is 11.3 Å².